The molecule has 6 nitrogen and oxygen atoms in total. The predicted molar refractivity (Wildman–Crippen MR) is 142 cm³/mol. The zero-order valence-corrected chi connectivity index (χ0v) is 21.1. The Labute approximate surface area is 220 Å². The van der Waals surface area contributed by atoms with Crippen molar-refractivity contribution in [2.45, 2.75) is 56.3 Å². The highest BCUT2D eigenvalue weighted by Gasteiger charge is 2.39. The lowest BCUT2D eigenvalue weighted by Crippen LogP contribution is -2.43. The number of aromatic amines is 1. The van der Waals surface area contributed by atoms with Crippen molar-refractivity contribution in [2.75, 3.05) is 7.05 Å². The van der Waals surface area contributed by atoms with E-state index in [1.807, 2.05) is 24.3 Å². The summed E-state index contributed by atoms with van der Waals surface area (Å²) in [4.78, 5) is 15.5. The second kappa shape index (κ2) is 10.2. The zero-order chi connectivity index (χ0) is 26.2. The van der Waals surface area contributed by atoms with Crippen LogP contribution in [0.5, 0.6) is 5.75 Å². The first-order valence-corrected chi connectivity index (χ1v) is 13.1. The van der Waals surface area contributed by atoms with E-state index in [0.29, 0.717) is 28.9 Å². The Balaban J connectivity index is 1.19. The van der Waals surface area contributed by atoms with Crippen molar-refractivity contribution in [3.05, 3.63) is 83.9 Å². The van der Waals surface area contributed by atoms with Crippen molar-refractivity contribution in [1.29, 1.82) is 0 Å². The molecule has 1 amide bonds. The molecule has 0 radical (unpaired) electrons. The fraction of sp³-hybridized carbons (Fsp3) is 0.333. The van der Waals surface area contributed by atoms with E-state index >= 15 is 0 Å². The molecule has 196 valence electrons. The van der Waals surface area contributed by atoms with Gasteiger partial charge in [-0.15, -0.1) is 0 Å². The van der Waals surface area contributed by atoms with Crippen LogP contribution in [0.25, 0.3) is 22.2 Å². The topological polar surface area (TPSA) is 70.2 Å². The van der Waals surface area contributed by atoms with Gasteiger partial charge in [0.1, 0.15) is 17.9 Å². The number of aromatic nitrogens is 2. The molecule has 6 rings (SSSR count). The molecule has 4 aromatic rings. The summed E-state index contributed by atoms with van der Waals surface area (Å²) in [6, 6.07) is 21.0. The van der Waals surface area contributed by atoms with Gasteiger partial charge in [0.2, 0.25) is 0 Å². The number of nitrogens with zero attached hydrogens (tertiary/aromatic N) is 2. The van der Waals surface area contributed by atoms with Gasteiger partial charge in [-0.25, -0.2) is 8.78 Å². The third-order valence-electron chi connectivity index (χ3n) is 8.01. The largest absolute Gasteiger partial charge is 0.490 e. The maximum absolute atomic E-state index is 13.7. The van der Waals surface area contributed by atoms with Crippen LogP contribution in [0.1, 0.15) is 47.6 Å². The molecule has 0 saturated carbocycles. The molecular formula is C30H30F2N4O2. The van der Waals surface area contributed by atoms with E-state index in [2.05, 4.69) is 27.5 Å². The highest BCUT2D eigenvalue weighted by Crippen LogP contribution is 2.36. The molecule has 1 aromatic heterocycles. The molecule has 2 aliphatic heterocycles. The highest BCUT2D eigenvalue weighted by atomic mass is 19.3. The lowest BCUT2D eigenvalue weighted by Gasteiger charge is -2.36. The van der Waals surface area contributed by atoms with Crippen LogP contribution in [0.2, 0.25) is 0 Å². The summed E-state index contributed by atoms with van der Waals surface area (Å²) >= 11 is 0. The first-order valence-electron chi connectivity index (χ1n) is 13.1. The molecular weight excluding hydrogens is 486 g/mol. The minimum Gasteiger partial charge on any atom is -0.490 e. The van der Waals surface area contributed by atoms with Gasteiger partial charge in [0.05, 0.1) is 11.2 Å². The first-order chi connectivity index (χ1) is 18.5. The summed E-state index contributed by atoms with van der Waals surface area (Å²) in [6.07, 6.45) is 2.11. The number of ether oxygens (including phenoxy) is 1. The van der Waals surface area contributed by atoms with Gasteiger partial charge in [0.25, 0.3) is 12.3 Å². The van der Waals surface area contributed by atoms with Gasteiger partial charge in [-0.1, -0.05) is 30.3 Å². The maximum atomic E-state index is 13.7. The summed E-state index contributed by atoms with van der Waals surface area (Å²) in [7, 11) is 2.22. The number of H-pyrrole nitrogens is 1. The Kier molecular flexibility index (Phi) is 6.57. The lowest BCUT2D eigenvalue weighted by molar-refractivity contribution is 0.0662. The normalized spacial score (nSPS) is 22.1. The average molecular weight is 517 g/mol. The second-order valence-electron chi connectivity index (χ2n) is 10.3. The van der Waals surface area contributed by atoms with Gasteiger partial charge in [0.15, 0.2) is 0 Å². The minimum absolute atomic E-state index is 0.231. The number of hydrogen-bond acceptors (Lipinski definition) is 4. The predicted octanol–water partition coefficient (Wildman–Crippen LogP) is 5.97. The molecule has 8 heteroatoms. The second-order valence-corrected chi connectivity index (χ2v) is 10.3. The van der Waals surface area contributed by atoms with Gasteiger partial charge in [0, 0.05) is 28.6 Å². The van der Waals surface area contributed by atoms with Crippen LogP contribution in [-0.4, -0.2) is 52.7 Å². The van der Waals surface area contributed by atoms with Crippen LogP contribution < -0.4 is 10.1 Å². The van der Waals surface area contributed by atoms with E-state index in [4.69, 9.17) is 4.74 Å². The van der Waals surface area contributed by atoms with Crippen molar-refractivity contribution >= 4 is 16.8 Å². The molecule has 2 saturated heterocycles. The van der Waals surface area contributed by atoms with Gasteiger partial charge in [-0.3, -0.25) is 9.89 Å². The number of hydrogen-bond donors (Lipinski definition) is 2. The first kappa shape index (κ1) is 24.6. The third kappa shape index (κ3) is 4.76. The summed E-state index contributed by atoms with van der Waals surface area (Å²) in [5, 5.41) is 10.7. The number of benzene rings is 3. The van der Waals surface area contributed by atoms with Crippen LogP contribution in [-0.2, 0) is 0 Å². The summed E-state index contributed by atoms with van der Waals surface area (Å²) < 4.78 is 33.8. The minimum atomic E-state index is -2.74. The van der Waals surface area contributed by atoms with E-state index in [-0.39, 0.29) is 6.10 Å². The average Bonchev–Trinajstić information content (AvgIpc) is 3.43. The van der Waals surface area contributed by atoms with Crippen molar-refractivity contribution < 1.29 is 18.3 Å². The molecule has 3 atom stereocenters. The maximum Gasteiger partial charge on any atom is 0.262 e. The highest BCUT2D eigenvalue weighted by molar-refractivity contribution is 6.01. The number of alkyl halides is 2. The number of carbonyl (C=O) groups excluding carboxylic acids is 1. The number of nitrogens with one attached hydrogen (secondary N) is 2. The fourth-order valence-corrected chi connectivity index (χ4v) is 5.89. The van der Waals surface area contributed by atoms with Crippen LogP contribution in [0.3, 0.4) is 0 Å². The Morgan fingerprint density at radius 2 is 1.74 bits per heavy atom. The quantitative estimate of drug-likeness (QED) is 0.318. The number of amides is 1. The molecule has 3 aromatic carbocycles. The van der Waals surface area contributed by atoms with Gasteiger partial charge in [-0.2, -0.15) is 5.10 Å². The molecule has 0 spiro atoms. The van der Waals surface area contributed by atoms with Crippen LogP contribution in [0.15, 0.2) is 72.8 Å². The molecule has 3 heterocycles. The van der Waals surface area contributed by atoms with Gasteiger partial charge in [-0.05, 0) is 80.8 Å². The molecule has 2 aliphatic rings. The summed E-state index contributed by atoms with van der Waals surface area (Å²) in [6.45, 7) is 0. The number of rotatable bonds is 7. The Morgan fingerprint density at radius 3 is 2.42 bits per heavy atom. The van der Waals surface area contributed by atoms with E-state index < -0.39 is 18.4 Å². The molecule has 0 aliphatic carbocycles. The molecule has 2 bridgehead atoms. The van der Waals surface area contributed by atoms with Crippen molar-refractivity contribution in [3.63, 3.8) is 0 Å². The van der Waals surface area contributed by atoms with Crippen LogP contribution in [0.4, 0.5) is 8.78 Å². The lowest BCUT2D eigenvalue weighted by atomic mass is 10.0. The van der Waals surface area contributed by atoms with E-state index in [0.717, 1.165) is 35.1 Å². The smallest absolute Gasteiger partial charge is 0.262 e. The SMILES string of the molecule is CN1C2CCC1CC(Oc1ccc(-c3n[nH]c4ccc(C(=O)NC(c5ccccc5)C(F)F)cc34)cc1)C2. The number of carbonyl (C=O) groups is 1. The van der Waals surface area contributed by atoms with Gasteiger partial charge < -0.3 is 15.0 Å². The van der Waals surface area contributed by atoms with Crippen LogP contribution in [0, 0.1) is 0 Å². The van der Waals surface area contributed by atoms with Crippen molar-refractivity contribution in [2.24, 2.45) is 0 Å². The van der Waals surface area contributed by atoms with Gasteiger partial charge >= 0.3 is 0 Å². The Morgan fingerprint density at radius 1 is 1.03 bits per heavy atom. The van der Waals surface area contributed by atoms with E-state index in [1.165, 1.54) is 12.8 Å². The van der Waals surface area contributed by atoms with Crippen molar-refractivity contribution in [1.82, 2.24) is 20.4 Å². The Hall–Kier alpha value is -3.78. The molecule has 38 heavy (non-hydrogen) atoms. The number of fused-ring (bicyclic) bond motifs is 3. The zero-order valence-electron chi connectivity index (χ0n) is 21.1. The summed E-state index contributed by atoms with van der Waals surface area (Å²) in [5.74, 6) is 0.269. The fourth-order valence-electron chi connectivity index (χ4n) is 5.89. The summed E-state index contributed by atoms with van der Waals surface area (Å²) in [5.41, 5.74) is 2.97. The van der Waals surface area contributed by atoms with E-state index in [1.54, 1.807) is 48.5 Å². The Bertz CT molecular complexity index is 1410. The molecule has 3 unspecified atom stereocenters. The monoisotopic (exact) mass is 516 g/mol. The number of halogens is 2. The standard InChI is InChI=1S/C30H30F2N4O2/c1-36-21-10-11-22(36)17-24(16-21)38-23-12-7-19(8-13-23)27-25-15-20(9-14-26(25)34-35-27)30(37)33-28(29(31)32)18-5-3-2-4-6-18/h2-9,12-15,21-22,24,28-29H,10-11,16-17H2,1H3,(H,33,37)(H,34,35). The molecule has 2 N–H and O–H groups in total. The van der Waals surface area contributed by atoms with E-state index in [9.17, 15) is 13.6 Å². The van der Waals surface area contributed by atoms with Crippen LogP contribution >= 0.6 is 0 Å². The third-order valence-corrected chi connectivity index (χ3v) is 8.01. The number of piperidine rings is 1. The molecule has 2 fully saturated rings. The van der Waals surface area contributed by atoms with Crippen molar-refractivity contribution in [3.8, 4) is 17.0 Å².